The maximum Gasteiger partial charge on any atom is 0.270 e. The van der Waals surface area contributed by atoms with Gasteiger partial charge in [-0.15, -0.1) is 11.3 Å². The molecule has 2 aromatic carbocycles. The molecule has 4 rings (SSSR count). The van der Waals surface area contributed by atoms with Crippen molar-refractivity contribution in [2.24, 2.45) is 0 Å². The fraction of sp³-hybridized carbons (Fsp3) is 0.333. The van der Waals surface area contributed by atoms with E-state index in [0.717, 1.165) is 20.1 Å². The largest absolute Gasteiger partial charge is 0.293 e. The van der Waals surface area contributed by atoms with E-state index in [9.17, 15) is 14.9 Å². The average molecular weight is 413 g/mol. The van der Waals surface area contributed by atoms with Crippen molar-refractivity contribution in [2.45, 2.75) is 42.4 Å². The molecule has 1 aromatic heterocycles. The molecular weight excluding hydrogens is 392 g/mol. The third-order valence-corrected chi connectivity index (χ3v) is 7.36. The number of hydrogen-bond acceptors (Lipinski definition) is 6. The van der Waals surface area contributed by atoms with Gasteiger partial charge in [0.15, 0.2) is 10.1 Å². The molecule has 7 heteroatoms. The van der Waals surface area contributed by atoms with Gasteiger partial charge in [0.05, 0.1) is 20.9 Å². The second kappa shape index (κ2) is 8.41. The summed E-state index contributed by atoms with van der Waals surface area (Å²) in [5.41, 5.74) is 2.85. The molecule has 1 fully saturated rings. The molecule has 5 nitrogen and oxygen atoms in total. The van der Waals surface area contributed by atoms with Crippen molar-refractivity contribution in [3.8, 4) is 0 Å². The molecule has 1 heterocycles. The summed E-state index contributed by atoms with van der Waals surface area (Å²) in [5.74, 6) is 1.02. The van der Waals surface area contributed by atoms with Gasteiger partial charge in [0.2, 0.25) is 0 Å². The molecule has 0 N–H and O–H groups in total. The van der Waals surface area contributed by atoms with E-state index in [1.807, 2.05) is 12.1 Å². The SMILES string of the molecule is O=C(CSc1nc2ccc([N+](=O)[O-])cc2s1)c1ccc(C2CCCCC2)cc1. The molecule has 0 spiro atoms. The Morgan fingerprint density at radius 3 is 2.61 bits per heavy atom. The van der Waals surface area contributed by atoms with E-state index in [2.05, 4.69) is 17.1 Å². The predicted octanol–water partition coefficient (Wildman–Crippen LogP) is 6.23. The standard InChI is InChI=1S/C21H20N2O3S2/c24-19(16-8-6-15(7-9-16)14-4-2-1-3-5-14)13-27-21-22-18-11-10-17(23(25)26)12-20(18)28-21/h6-12,14H,1-5,13H2. The van der Waals surface area contributed by atoms with Crippen molar-refractivity contribution in [3.63, 3.8) is 0 Å². The Hall–Kier alpha value is -2.25. The number of fused-ring (bicyclic) bond motifs is 1. The first kappa shape index (κ1) is 19.1. The summed E-state index contributed by atoms with van der Waals surface area (Å²) in [6.07, 6.45) is 6.43. The van der Waals surface area contributed by atoms with E-state index in [4.69, 9.17) is 0 Å². The summed E-state index contributed by atoms with van der Waals surface area (Å²) >= 11 is 2.77. The number of Topliss-reactive ketones (excluding diaryl/α,β-unsaturated/α-hetero) is 1. The molecule has 1 aliphatic carbocycles. The third kappa shape index (κ3) is 4.25. The molecule has 0 bridgehead atoms. The van der Waals surface area contributed by atoms with Crippen LogP contribution in [0.2, 0.25) is 0 Å². The molecule has 0 saturated heterocycles. The van der Waals surface area contributed by atoms with Gasteiger partial charge in [-0.1, -0.05) is 55.3 Å². The van der Waals surface area contributed by atoms with Gasteiger partial charge in [-0.05, 0) is 30.4 Å². The minimum atomic E-state index is -0.410. The first-order valence-electron chi connectivity index (χ1n) is 9.41. The first-order valence-corrected chi connectivity index (χ1v) is 11.2. The smallest absolute Gasteiger partial charge is 0.270 e. The van der Waals surface area contributed by atoms with Crippen molar-refractivity contribution in [2.75, 3.05) is 5.75 Å². The maximum atomic E-state index is 12.5. The monoisotopic (exact) mass is 412 g/mol. The van der Waals surface area contributed by atoms with E-state index in [-0.39, 0.29) is 11.5 Å². The van der Waals surface area contributed by atoms with Crippen LogP contribution in [0.15, 0.2) is 46.8 Å². The molecule has 0 radical (unpaired) electrons. The number of rotatable bonds is 6. The van der Waals surface area contributed by atoms with Gasteiger partial charge in [0.25, 0.3) is 5.69 Å². The topological polar surface area (TPSA) is 73.1 Å². The molecular formula is C21H20N2O3S2. The number of carbonyl (C=O) groups is 1. The number of hydrogen-bond donors (Lipinski definition) is 0. The number of aromatic nitrogens is 1. The third-order valence-electron chi connectivity index (χ3n) is 5.20. The van der Waals surface area contributed by atoms with E-state index in [1.54, 1.807) is 6.07 Å². The number of nitrogens with zero attached hydrogens (tertiary/aromatic N) is 2. The lowest BCUT2D eigenvalue weighted by atomic mass is 9.84. The van der Waals surface area contributed by atoms with Gasteiger partial charge in [-0.25, -0.2) is 4.98 Å². The van der Waals surface area contributed by atoms with Crippen LogP contribution in [0.3, 0.4) is 0 Å². The number of carbonyl (C=O) groups excluding carboxylic acids is 1. The molecule has 0 unspecified atom stereocenters. The van der Waals surface area contributed by atoms with E-state index >= 15 is 0 Å². The summed E-state index contributed by atoms with van der Waals surface area (Å²) in [5, 5.41) is 10.9. The number of nitro benzene ring substituents is 1. The number of benzene rings is 2. The van der Waals surface area contributed by atoms with Crippen molar-refractivity contribution in [1.82, 2.24) is 4.98 Å². The Morgan fingerprint density at radius 1 is 1.14 bits per heavy atom. The van der Waals surface area contributed by atoms with Crippen LogP contribution >= 0.6 is 23.1 Å². The summed E-state index contributed by atoms with van der Waals surface area (Å²) in [7, 11) is 0. The number of nitro groups is 1. The predicted molar refractivity (Wildman–Crippen MR) is 114 cm³/mol. The molecule has 28 heavy (non-hydrogen) atoms. The Kier molecular flexibility index (Phi) is 5.73. The van der Waals surface area contributed by atoms with Gasteiger partial charge >= 0.3 is 0 Å². The lowest BCUT2D eigenvalue weighted by Gasteiger charge is -2.22. The second-order valence-corrected chi connectivity index (χ2v) is 9.31. The Morgan fingerprint density at radius 2 is 1.89 bits per heavy atom. The van der Waals surface area contributed by atoms with Crippen molar-refractivity contribution < 1.29 is 9.72 Å². The van der Waals surface area contributed by atoms with E-state index < -0.39 is 4.92 Å². The van der Waals surface area contributed by atoms with Crippen molar-refractivity contribution in [1.29, 1.82) is 0 Å². The molecule has 0 amide bonds. The molecule has 144 valence electrons. The fourth-order valence-corrected chi connectivity index (χ4v) is 5.65. The normalized spacial score (nSPS) is 15.0. The molecule has 0 atom stereocenters. The van der Waals surface area contributed by atoms with Crippen LogP contribution in [0.4, 0.5) is 5.69 Å². The van der Waals surface area contributed by atoms with Crippen molar-refractivity contribution >= 4 is 44.8 Å². The van der Waals surface area contributed by atoms with Crippen LogP contribution in [0.25, 0.3) is 10.2 Å². The molecule has 3 aromatic rings. The Balaban J connectivity index is 1.39. The zero-order valence-electron chi connectivity index (χ0n) is 15.3. The van der Waals surface area contributed by atoms with Crippen LogP contribution in [-0.4, -0.2) is 21.4 Å². The van der Waals surface area contributed by atoms with Crippen LogP contribution in [0.1, 0.15) is 53.9 Å². The van der Waals surface area contributed by atoms with Gasteiger partial charge in [0, 0.05) is 17.7 Å². The van der Waals surface area contributed by atoms with Crippen LogP contribution < -0.4 is 0 Å². The average Bonchev–Trinajstić information content (AvgIpc) is 3.15. The number of thioether (sulfide) groups is 1. The van der Waals surface area contributed by atoms with E-state index in [0.29, 0.717) is 11.7 Å². The van der Waals surface area contributed by atoms with Gasteiger partial charge in [0.1, 0.15) is 0 Å². The lowest BCUT2D eigenvalue weighted by Crippen LogP contribution is -2.06. The summed E-state index contributed by atoms with van der Waals surface area (Å²) in [4.78, 5) is 27.5. The zero-order valence-corrected chi connectivity index (χ0v) is 16.9. The summed E-state index contributed by atoms with van der Waals surface area (Å²) in [6, 6.07) is 12.7. The minimum absolute atomic E-state index is 0.0573. The van der Waals surface area contributed by atoms with Crippen LogP contribution in [0.5, 0.6) is 0 Å². The van der Waals surface area contributed by atoms with Crippen LogP contribution in [0, 0.1) is 10.1 Å². The maximum absolute atomic E-state index is 12.5. The highest BCUT2D eigenvalue weighted by molar-refractivity contribution is 8.01. The van der Waals surface area contributed by atoms with Gasteiger partial charge in [-0.2, -0.15) is 0 Å². The van der Waals surface area contributed by atoms with Gasteiger partial charge in [-0.3, -0.25) is 14.9 Å². The van der Waals surface area contributed by atoms with Crippen LogP contribution in [-0.2, 0) is 0 Å². The number of ketones is 1. The molecule has 0 aliphatic heterocycles. The van der Waals surface area contributed by atoms with Gasteiger partial charge < -0.3 is 0 Å². The molecule has 1 aliphatic rings. The number of non-ortho nitro benzene ring substituents is 1. The highest BCUT2D eigenvalue weighted by Gasteiger charge is 2.16. The summed E-state index contributed by atoms with van der Waals surface area (Å²) < 4.78 is 1.52. The quantitative estimate of drug-likeness (QED) is 0.208. The van der Waals surface area contributed by atoms with Crippen molar-refractivity contribution in [3.05, 3.63) is 63.7 Å². The Labute approximate surface area is 171 Å². The second-order valence-electron chi connectivity index (χ2n) is 7.06. The first-order chi connectivity index (χ1) is 13.6. The summed E-state index contributed by atoms with van der Waals surface area (Å²) in [6.45, 7) is 0. The Bertz CT molecular complexity index is 1010. The van der Waals surface area contributed by atoms with E-state index in [1.165, 1.54) is 72.9 Å². The number of thiazole rings is 1. The zero-order chi connectivity index (χ0) is 19.5. The minimum Gasteiger partial charge on any atom is -0.293 e. The highest BCUT2D eigenvalue weighted by atomic mass is 32.2. The fourth-order valence-electron chi connectivity index (χ4n) is 3.66. The lowest BCUT2D eigenvalue weighted by molar-refractivity contribution is -0.384. The highest BCUT2D eigenvalue weighted by Crippen LogP contribution is 2.34. The molecule has 1 saturated carbocycles.